The highest BCUT2D eigenvalue weighted by Gasteiger charge is 2.25. The summed E-state index contributed by atoms with van der Waals surface area (Å²) >= 11 is 0. The Morgan fingerprint density at radius 1 is 1.06 bits per heavy atom. The van der Waals surface area contributed by atoms with E-state index in [2.05, 4.69) is 24.8 Å². The number of benzene rings is 1. The lowest BCUT2D eigenvalue weighted by molar-refractivity contribution is 0.165. The molecule has 0 N–H and O–H groups in total. The minimum absolute atomic E-state index is 0.0427. The molecule has 1 aliphatic heterocycles. The van der Waals surface area contributed by atoms with E-state index in [-0.39, 0.29) is 16.6 Å². The van der Waals surface area contributed by atoms with Crippen LogP contribution in [0.1, 0.15) is 18.4 Å². The number of piperidine rings is 1. The molecule has 11 heteroatoms. The molecule has 0 saturated carbocycles. The lowest BCUT2D eigenvalue weighted by Gasteiger charge is -2.31. The maximum absolute atomic E-state index is 14.9. The van der Waals surface area contributed by atoms with Crippen molar-refractivity contribution in [2.45, 2.75) is 30.8 Å². The highest BCUT2D eigenvalue weighted by atomic mass is 32.2. The third-order valence-electron chi connectivity index (χ3n) is 6.15. The Hall–Kier alpha value is -3.60. The van der Waals surface area contributed by atoms with Crippen LogP contribution >= 0.6 is 0 Å². The van der Waals surface area contributed by atoms with Gasteiger partial charge in [-0.15, -0.1) is 0 Å². The van der Waals surface area contributed by atoms with Crippen molar-refractivity contribution in [2.75, 3.05) is 24.2 Å². The smallest absolute Gasteiger partial charge is 0.242 e. The van der Waals surface area contributed by atoms with E-state index in [1.165, 1.54) is 18.5 Å². The lowest BCUT2D eigenvalue weighted by atomic mass is 10.1. The summed E-state index contributed by atoms with van der Waals surface area (Å²) in [6.07, 6.45) is 9.35. The van der Waals surface area contributed by atoms with Crippen LogP contribution in [0.5, 0.6) is 5.88 Å². The molecule has 3 aromatic heterocycles. The molecule has 0 aliphatic carbocycles. The molecule has 4 aromatic rings. The number of aryl methyl sites for hydroxylation is 2. The van der Waals surface area contributed by atoms with Gasteiger partial charge in [0.1, 0.15) is 29.3 Å². The molecular weight excluding hydrogens is 471 g/mol. The molecule has 5 rings (SSSR count). The SMILES string of the molecule is Cc1cnc(N2CCC(Oc3ncnc4c(-c5ccc(S(C)(=O)=O)cc5F)cn(C)c34)CC2)nc1. The molecule has 1 fully saturated rings. The van der Waals surface area contributed by atoms with Crippen molar-refractivity contribution in [3.63, 3.8) is 0 Å². The summed E-state index contributed by atoms with van der Waals surface area (Å²) < 4.78 is 46.6. The summed E-state index contributed by atoms with van der Waals surface area (Å²) in [5.74, 6) is 0.517. The van der Waals surface area contributed by atoms with Crippen LogP contribution in [0.4, 0.5) is 10.3 Å². The summed E-state index contributed by atoms with van der Waals surface area (Å²) in [7, 11) is -1.69. The average Bonchev–Trinajstić information content (AvgIpc) is 3.17. The summed E-state index contributed by atoms with van der Waals surface area (Å²) in [4.78, 5) is 19.6. The molecule has 1 saturated heterocycles. The molecule has 4 heterocycles. The van der Waals surface area contributed by atoms with E-state index in [1.54, 1.807) is 10.8 Å². The van der Waals surface area contributed by atoms with Crippen LogP contribution < -0.4 is 9.64 Å². The molecule has 9 nitrogen and oxygen atoms in total. The third-order valence-corrected chi connectivity index (χ3v) is 7.26. The molecule has 0 bridgehead atoms. The zero-order valence-corrected chi connectivity index (χ0v) is 20.5. The van der Waals surface area contributed by atoms with Crippen molar-refractivity contribution >= 4 is 26.8 Å². The van der Waals surface area contributed by atoms with E-state index >= 15 is 0 Å². The summed E-state index contributed by atoms with van der Waals surface area (Å²) in [6.45, 7) is 3.48. The lowest BCUT2D eigenvalue weighted by Crippen LogP contribution is -2.39. The van der Waals surface area contributed by atoms with Gasteiger partial charge >= 0.3 is 0 Å². The fraction of sp³-hybridized carbons (Fsp3) is 0.333. The van der Waals surface area contributed by atoms with Gasteiger partial charge < -0.3 is 14.2 Å². The summed E-state index contributed by atoms with van der Waals surface area (Å²) in [6, 6.07) is 3.90. The van der Waals surface area contributed by atoms with Crippen LogP contribution in [-0.2, 0) is 16.9 Å². The zero-order chi connectivity index (χ0) is 24.7. The van der Waals surface area contributed by atoms with Crippen LogP contribution in [0.3, 0.4) is 0 Å². The topological polar surface area (TPSA) is 103 Å². The van der Waals surface area contributed by atoms with Crippen molar-refractivity contribution < 1.29 is 17.5 Å². The molecule has 0 spiro atoms. The predicted molar refractivity (Wildman–Crippen MR) is 130 cm³/mol. The van der Waals surface area contributed by atoms with Crippen molar-refractivity contribution in [1.82, 2.24) is 24.5 Å². The molecular formula is C24H25FN6O3S. The van der Waals surface area contributed by atoms with Gasteiger partial charge in [0.2, 0.25) is 11.8 Å². The van der Waals surface area contributed by atoms with Crippen molar-refractivity contribution in [1.29, 1.82) is 0 Å². The number of aromatic nitrogens is 5. The van der Waals surface area contributed by atoms with E-state index in [0.717, 1.165) is 49.8 Å². The van der Waals surface area contributed by atoms with Gasteiger partial charge in [-0.2, -0.15) is 4.98 Å². The van der Waals surface area contributed by atoms with Crippen molar-refractivity contribution in [2.24, 2.45) is 7.05 Å². The minimum atomic E-state index is -3.51. The van der Waals surface area contributed by atoms with Crippen LogP contribution in [0.25, 0.3) is 22.2 Å². The Bertz CT molecular complexity index is 1500. The van der Waals surface area contributed by atoms with Gasteiger partial charge in [-0.05, 0) is 24.6 Å². The number of fused-ring (bicyclic) bond motifs is 1. The van der Waals surface area contributed by atoms with Gasteiger partial charge in [0, 0.05) is 69.0 Å². The van der Waals surface area contributed by atoms with E-state index < -0.39 is 15.7 Å². The fourth-order valence-electron chi connectivity index (χ4n) is 4.31. The second-order valence-electron chi connectivity index (χ2n) is 8.81. The number of nitrogens with zero attached hydrogens (tertiary/aromatic N) is 6. The van der Waals surface area contributed by atoms with Gasteiger partial charge in [-0.3, -0.25) is 0 Å². The maximum Gasteiger partial charge on any atom is 0.242 e. The molecule has 1 aromatic carbocycles. The Morgan fingerprint density at radius 3 is 2.43 bits per heavy atom. The third kappa shape index (κ3) is 4.55. The van der Waals surface area contributed by atoms with Crippen LogP contribution in [0.2, 0.25) is 0 Å². The number of halogens is 1. The Morgan fingerprint density at radius 2 is 1.77 bits per heavy atom. The Kier molecular flexibility index (Phi) is 5.87. The molecule has 1 aliphatic rings. The first-order valence-corrected chi connectivity index (χ1v) is 13.1. The second kappa shape index (κ2) is 8.88. The van der Waals surface area contributed by atoms with E-state index in [9.17, 15) is 12.8 Å². The molecule has 182 valence electrons. The average molecular weight is 497 g/mol. The first kappa shape index (κ1) is 23.2. The van der Waals surface area contributed by atoms with Crippen LogP contribution in [0, 0.1) is 12.7 Å². The van der Waals surface area contributed by atoms with E-state index in [4.69, 9.17) is 4.74 Å². The number of ether oxygens (including phenoxy) is 1. The van der Waals surface area contributed by atoms with E-state index in [1.807, 2.05) is 26.4 Å². The second-order valence-corrected chi connectivity index (χ2v) is 10.8. The number of hydrogen-bond donors (Lipinski definition) is 0. The predicted octanol–water partition coefficient (Wildman–Crippen LogP) is 3.32. The highest BCUT2D eigenvalue weighted by molar-refractivity contribution is 7.90. The molecule has 0 unspecified atom stereocenters. The molecule has 0 amide bonds. The number of sulfone groups is 1. The van der Waals surface area contributed by atoms with Gasteiger partial charge in [0.15, 0.2) is 9.84 Å². The quantitative estimate of drug-likeness (QED) is 0.415. The molecule has 35 heavy (non-hydrogen) atoms. The Labute approximate surface area is 202 Å². The van der Waals surface area contributed by atoms with E-state index in [0.29, 0.717) is 22.5 Å². The molecule has 0 radical (unpaired) electrons. The monoisotopic (exact) mass is 496 g/mol. The zero-order valence-electron chi connectivity index (χ0n) is 19.6. The van der Waals surface area contributed by atoms with Gasteiger partial charge in [0.05, 0.1) is 4.90 Å². The minimum Gasteiger partial charge on any atom is -0.473 e. The first-order valence-electron chi connectivity index (χ1n) is 11.2. The highest BCUT2D eigenvalue weighted by Crippen LogP contribution is 2.35. The molecule has 0 atom stereocenters. The number of anilines is 1. The standard InChI is InChI=1S/C24H25FN6O3S/c1-15-11-26-24(27-12-15)31-8-6-16(7-9-31)34-23-22-21(28-14-29-23)19(13-30(22)2)18-5-4-17(10-20(18)25)35(3,32)33/h4-5,10-14,16H,6-9H2,1-3H3. The number of hydrogen-bond acceptors (Lipinski definition) is 8. The number of rotatable bonds is 5. The summed E-state index contributed by atoms with van der Waals surface area (Å²) in [5, 5.41) is 0. The first-order chi connectivity index (χ1) is 16.7. The van der Waals surface area contributed by atoms with Gasteiger partial charge in [-0.1, -0.05) is 6.07 Å². The normalized spacial score (nSPS) is 15.0. The van der Waals surface area contributed by atoms with Gasteiger partial charge in [0.25, 0.3) is 0 Å². The largest absolute Gasteiger partial charge is 0.473 e. The summed E-state index contributed by atoms with van der Waals surface area (Å²) in [5.41, 5.74) is 3.01. The van der Waals surface area contributed by atoms with Crippen LogP contribution in [-0.4, -0.2) is 58.4 Å². The van der Waals surface area contributed by atoms with Crippen molar-refractivity contribution in [3.8, 4) is 17.0 Å². The maximum atomic E-state index is 14.9. The fourth-order valence-corrected chi connectivity index (χ4v) is 4.94. The Balaban J connectivity index is 1.39. The van der Waals surface area contributed by atoms with Gasteiger partial charge in [-0.25, -0.2) is 27.8 Å². The van der Waals surface area contributed by atoms with Crippen molar-refractivity contribution in [3.05, 3.63) is 54.5 Å². The van der Waals surface area contributed by atoms with Crippen LogP contribution in [0.15, 0.2) is 48.0 Å².